The number of likely N-dealkylation sites (tertiary alicyclic amines) is 1. The first kappa shape index (κ1) is 13.9. The second kappa shape index (κ2) is 5.39. The number of benzene rings is 1. The second-order valence-electron chi connectivity index (χ2n) is 6.10. The maximum absolute atomic E-state index is 12.7. The second-order valence-corrected chi connectivity index (χ2v) is 6.10. The minimum absolute atomic E-state index is 0.0576. The summed E-state index contributed by atoms with van der Waals surface area (Å²) < 4.78 is 0. The van der Waals surface area contributed by atoms with Crippen molar-refractivity contribution in [3.05, 3.63) is 29.8 Å². The topological polar surface area (TPSA) is 60.9 Å². The van der Waals surface area contributed by atoms with Gasteiger partial charge in [0.1, 0.15) is 0 Å². The fourth-order valence-corrected chi connectivity index (χ4v) is 3.28. The van der Waals surface area contributed by atoms with E-state index in [1.54, 1.807) is 4.90 Å². The molecule has 1 aromatic rings. The lowest BCUT2D eigenvalue weighted by atomic mass is 9.94. The molecule has 3 rings (SSSR count). The van der Waals surface area contributed by atoms with E-state index < -0.39 is 11.9 Å². The Balaban J connectivity index is 1.81. The molecule has 0 aliphatic carbocycles. The number of anilines is 1. The zero-order valence-electron chi connectivity index (χ0n) is 12.2. The summed E-state index contributed by atoms with van der Waals surface area (Å²) in [6.07, 6.45) is 1.53. The molecule has 0 spiro atoms. The molecule has 2 unspecified atom stereocenters. The van der Waals surface area contributed by atoms with Crippen LogP contribution in [-0.4, -0.2) is 41.6 Å². The van der Waals surface area contributed by atoms with Gasteiger partial charge in [0.05, 0.1) is 5.92 Å². The molecule has 5 nitrogen and oxygen atoms in total. The van der Waals surface area contributed by atoms with Crippen molar-refractivity contribution >= 4 is 17.7 Å². The van der Waals surface area contributed by atoms with Crippen LogP contribution in [-0.2, 0) is 11.2 Å². The van der Waals surface area contributed by atoms with Gasteiger partial charge < -0.3 is 10.0 Å². The van der Waals surface area contributed by atoms with E-state index in [-0.39, 0.29) is 6.03 Å². The molecule has 0 radical (unpaired) electrons. The van der Waals surface area contributed by atoms with E-state index in [4.69, 9.17) is 5.11 Å². The number of amides is 2. The van der Waals surface area contributed by atoms with Crippen molar-refractivity contribution in [1.29, 1.82) is 0 Å². The third kappa shape index (κ3) is 2.60. The van der Waals surface area contributed by atoms with Gasteiger partial charge >= 0.3 is 12.0 Å². The molecule has 21 heavy (non-hydrogen) atoms. The Morgan fingerprint density at radius 1 is 1.24 bits per heavy atom. The summed E-state index contributed by atoms with van der Waals surface area (Å²) in [4.78, 5) is 27.3. The largest absolute Gasteiger partial charge is 0.481 e. The first-order valence-electron chi connectivity index (χ1n) is 7.43. The molecule has 5 heteroatoms. The monoisotopic (exact) mass is 288 g/mol. The summed E-state index contributed by atoms with van der Waals surface area (Å²) in [6.45, 7) is 3.69. The zero-order chi connectivity index (χ0) is 15.0. The van der Waals surface area contributed by atoms with Gasteiger partial charge in [-0.2, -0.15) is 0 Å². The van der Waals surface area contributed by atoms with Crippen LogP contribution in [0.25, 0.3) is 0 Å². The number of hydrogen-bond donors (Lipinski definition) is 1. The molecule has 2 heterocycles. The third-order valence-corrected chi connectivity index (χ3v) is 4.38. The molecule has 1 aromatic carbocycles. The van der Waals surface area contributed by atoms with Crippen molar-refractivity contribution < 1.29 is 14.7 Å². The van der Waals surface area contributed by atoms with E-state index in [9.17, 15) is 9.59 Å². The number of fused-ring (bicyclic) bond motifs is 1. The normalized spacial score (nSPS) is 24.8. The summed E-state index contributed by atoms with van der Waals surface area (Å²) in [5.74, 6) is -0.814. The Labute approximate surface area is 124 Å². The Kier molecular flexibility index (Phi) is 3.57. The molecule has 2 aliphatic rings. The first-order chi connectivity index (χ1) is 10.1. The van der Waals surface area contributed by atoms with Crippen LogP contribution in [0.4, 0.5) is 10.5 Å². The van der Waals surface area contributed by atoms with Gasteiger partial charge in [0.2, 0.25) is 0 Å². The van der Waals surface area contributed by atoms with Crippen molar-refractivity contribution in [2.75, 3.05) is 24.5 Å². The van der Waals surface area contributed by atoms with E-state index in [0.29, 0.717) is 32.0 Å². The zero-order valence-corrected chi connectivity index (χ0v) is 12.2. The number of carboxylic acid groups (broad SMARTS) is 1. The van der Waals surface area contributed by atoms with Gasteiger partial charge in [-0.1, -0.05) is 25.1 Å². The van der Waals surface area contributed by atoms with Crippen LogP contribution in [0.2, 0.25) is 0 Å². The van der Waals surface area contributed by atoms with E-state index in [2.05, 4.69) is 13.0 Å². The minimum Gasteiger partial charge on any atom is -0.481 e. The molecule has 112 valence electrons. The van der Waals surface area contributed by atoms with Crippen LogP contribution >= 0.6 is 0 Å². The summed E-state index contributed by atoms with van der Waals surface area (Å²) in [5.41, 5.74) is 2.16. The average molecular weight is 288 g/mol. The summed E-state index contributed by atoms with van der Waals surface area (Å²) in [6, 6.07) is 7.92. The minimum atomic E-state index is -0.808. The molecule has 2 amide bonds. The van der Waals surface area contributed by atoms with Crippen molar-refractivity contribution in [2.45, 2.75) is 19.8 Å². The first-order valence-corrected chi connectivity index (χ1v) is 7.43. The highest BCUT2D eigenvalue weighted by Crippen LogP contribution is 2.31. The van der Waals surface area contributed by atoms with Crippen molar-refractivity contribution in [3.8, 4) is 0 Å². The number of nitrogens with zero attached hydrogens (tertiary/aromatic N) is 2. The smallest absolute Gasteiger partial charge is 0.324 e. The van der Waals surface area contributed by atoms with E-state index >= 15 is 0 Å². The third-order valence-electron chi connectivity index (χ3n) is 4.38. The fraction of sp³-hybridized carbons (Fsp3) is 0.500. The Bertz CT molecular complexity index is 572. The molecule has 0 bridgehead atoms. The van der Waals surface area contributed by atoms with E-state index in [0.717, 1.165) is 12.1 Å². The molecule has 1 N–H and O–H groups in total. The van der Waals surface area contributed by atoms with E-state index in [1.807, 2.05) is 23.1 Å². The Morgan fingerprint density at radius 2 is 2.00 bits per heavy atom. The molecule has 1 saturated heterocycles. The standard InChI is InChI=1S/C16H20N2O3/c1-11-8-12-4-2-3-5-14(12)18(9-11)16(21)17-7-6-13(10-17)15(19)20/h2-5,11,13H,6-10H2,1H3,(H,19,20). The van der Waals surface area contributed by atoms with E-state index in [1.165, 1.54) is 5.56 Å². The quantitative estimate of drug-likeness (QED) is 0.862. The van der Waals surface area contributed by atoms with Crippen LogP contribution in [0.1, 0.15) is 18.9 Å². The maximum Gasteiger partial charge on any atom is 0.324 e. The molecule has 0 aromatic heterocycles. The van der Waals surface area contributed by atoms with Crippen LogP contribution in [0.15, 0.2) is 24.3 Å². The predicted molar refractivity (Wildman–Crippen MR) is 79.4 cm³/mol. The van der Waals surface area contributed by atoms with Crippen molar-refractivity contribution in [3.63, 3.8) is 0 Å². The lowest BCUT2D eigenvalue weighted by Gasteiger charge is -2.35. The predicted octanol–water partition coefficient (Wildman–Crippen LogP) is 2.21. The highest BCUT2D eigenvalue weighted by molar-refractivity contribution is 5.94. The van der Waals surface area contributed by atoms with Crippen LogP contribution in [0.5, 0.6) is 0 Å². The highest BCUT2D eigenvalue weighted by atomic mass is 16.4. The maximum atomic E-state index is 12.7. The lowest BCUT2D eigenvalue weighted by molar-refractivity contribution is -0.141. The summed E-state index contributed by atoms with van der Waals surface area (Å²) in [5, 5.41) is 9.07. The van der Waals surface area contributed by atoms with Gasteiger partial charge in [-0.3, -0.25) is 9.69 Å². The summed E-state index contributed by atoms with van der Waals surface area (Å²) in [7, 11) is 0. The number of aliphatic carboxylic acids is 1. The Morgan fingerprint density at radius 3 is 2.71 bits per heavy atom. The molecule has 1 fully saturated rings. The van der Waals surface area contributed by atoms with Gasteiger partial charge in [0.15, 0.2) is 0 Å². The molecule has 0 saturated carbocycles. The number of carbonyl (C=O) groups is 2. The van der Waals surface area contributed by atoms with Gasteiger partial charge in [0, 0.05) is 25.3 Å². The number of hydrogen-bond acceptors (Lipinski definition) is 2. The number of carbonyl (C=O) groups excluding carboxylic acids is 1. The van der Waals surface area contributed by atoms with Gasteiger partial charge in [-0.15, -0.1) is 0 Å². The number of para-hydroxylation sites is 1. The summed E-state index contributed by atoms with van der Waals surface area (Å²) >= 11 is 0. The van der Waals surface area contributed by atoms with Crippen molar-refractivity contribution in [1.82, 2.24) is 4.90 Å². The molecule has 2 atom stereocenters. The number of urea groups is 1. The van der Waals surface area contributed by atoms with Gasteiger partial charge in [0.25, 0.3) is 0 Å². The van der Waals surface area contributed by atoms with Crippen LogP contribution < -0.4 is 4.90 Å². The van der Waals surface area contributed by atoms with Crippen molar-refractivity contribution in [2.24, 2.45) is 11.8 Å². The van der Waals surface area contributed by atoms with Gasteiger partial charge in [-0.05, 0) is 30.4 Å². The van der Waals surface area contributed by atoms with Crippen LogP contribution in [0.3, 0.4) is 0 Å². The van der Waals surface area contributed by atoms with Crippen LogP contribution in [0, 0.1) is 11.8 Å². The SMILES string of the molecule is CC1Cc2ccccc2N(C(=O)N2CCC(C(=O)O)C2)C1. The fourth-order valence-electron chi connectivity index (χ4n) is 3.28. The molecular formula is C16H20N2O3. The molecular weight excluding hydrogens is 268 g/mol. The lowest BCUT2D eigenvalue weighted by Crippen LogP contribution is -2.46. The van der Waals surface area contributed by atoms with Gasteiger partial charge in [-0.25, -0.2) is 4.79 Å². The average Bonchev–Trinajstić information content (AvgIpc) is 2.95. The number of rotatable bonds is 1. The molecule has 2 aliphatic heterocycles. The number of carboxylic acids is 1. The highest BCUT2D eigenvalue weighted by Gasteiger charge is 2.35. The Hall–Kier alpha value is -2.04.